The van der Waals surface area contributed by atoms with Crippen molar-refractivity contribution in [2.24, 2.45) is 5.41 Å². The Morgan fingerprint density at radius 3 is 2.33 bits per heavy atom. The molecule has 1 aliphatic heterocycles. The number of aromatic nitrogens is 1. The molecule has 0 aliphatic carbocycles. The van der Waals surface area contributed by atoms with Crippen molar-refractivity contribution in [1.29, 1.82) is 0 Å². The maximum Gasteiger partial charge on any atom is 0.416 e. The second kappa shape index (κ2) is 17.0. The van der Waals surface area contributed by atoms with Gasteiger partial charge in [0.05, 0.1) is 23.5 Å². The maximum atomic E-state index is 13.1. The van der Waals surface area contributed by atoms with Gasteiger partial charge in [-0.25, -0.2) is 0 Å². The van der Waals surface area contributed by atoms with Gasteiger partial charge in [0.1, 0.15) is 11.2 Å². The number of hydrogen-bond acceptors (Lipinski definition) is 6. The highest BCUT2D eigenvalue weighted by Crippen LogP contribution is 2.40. The number of benzene rings is 2. The average Bonchev–Trinajstić information content (AvgIpc) is 3.08. The number of anilines is 2. The lowest BCUT2D eigenvalue weighted by molar-refractivity contribution is -0.138. The Hall–Kier alpha value is -3.87. The summed E-state index contributed by atoms with van der Waals surface area (Å²) in [5.74, 6) is -0.249. The van der Waals surface area contributed by atoms with Crippen molar-refractivity contribution in [3.05, 3.63) is 83.2 Å². The van der Waals surface area contributed by atoms with Crippen LogP contribution >= 0.6 is 24.8 Å². The number of halogens is 5. The van der Waals surface area contributed by atoms with Crippen molar-refractivity contribution >= 4 is 53.9 Å². The van der Waals surface area contributed by atoms with Crippen molar-refractivity contribution in [1.82, 2.24) is 15.2 Å². The fourth-order valence-electron chi connectivity index (χ4n) is 5.29. The number of ether oxygens (including phenoxy) is 1. The quantitative estimate of drug-likeness (QED) is 0.178. The second-order valence-corrected chi connectivity index (χ2v) is 11.8. The number of aryl methyl sites for hydroxylation is 1. The summed E-state index contributed by atoms with van der Waals surface area (Å²) in [6.07, 6.45) is -1.30. The molecule has 3 aromatic rings. The Labute approximate surface area is 291 Å². The van der Waals surface area contributed by atoms with Crippen LogP contribution in [0.15, 0.2) is 60.8 Å². The van der Waals surface area contributed by atoms with Crippen LogP contribution < -0.4 is 19.9 Å². The van der Waals surface area contributed by atoms with Crippen LogP contribution in [-0.2, 0) is 28.7 Å². The lowest BCUT2D eigenvalue weighted by atomic mass is 9.90. The molecule has 1 N–H and O–H groups in total. The zero-order valence-electron chi connectivity index (χ0n) is 27.6. The molecule has 0 radical (unpaired) electrons. The van der Waals surface area contributed by atoms with Gasteiger partial charge in [-0.05, 0) is 87.7 Å². The van der Waals surface area contributed by atoms with E-state index in [2.05, 4.69) is 10.3 Å². The average molecular weight is 713 g/mol. The molecule has 0 fully saturated rings. The van der Waals surface area contributed by atoms with Gasteiger partial charge in [0.25, 0.3) is 5.91 Å². The minimum absolute atomic E-state index is 0. The summed E-state index contributed by atoms with van der Waals surface area (Å²) in [6.45, 7) is 7.50. The van der Waals surface area contributed by atoms with Gasteiger partial charge in [0.15, 0.2) is 0 Å². The van der Waals surface area contributed by atoms with Crippen LogP contribution in [0.1, 0.15) is 54.4 Å². The van der Waals surface area contributed by atoms with Gasteiger partial charge in [-0.15, -0.1) is 24.8 Å². The standard InChI is InChI=1S/C34H40F3N5O4.2ClH/c1-6-42-28-14-13-27(21-29(28)41(5)31(44)33(2,3)32(42)45)46-19-7-8-26-20-23(15-16-39-26)22-38-17-18-40(4)30(43)24-9-11-25(12-10-24)34(35,36)37;;/h9-16,20-21,38H,6-8,17-19,22H2,1-5H3;2*1H. The highest BCUT2D eigenvalue weighted by molar-refractivity contribution is 6.20. The van der Waals surface area contributed by atoms with Crippen molar-refractivity contribution in [3.63, 3.8) is 0 Å². The number of hydrogen-bond donors (Lipinski definition) is 1. The van der Waals surface area contributed by atoms with E-state index in [1.165, 1.54) is 21.9 Å². The summed E-state index contributed by atoms with van der Waals surface area (Å²) in [6, 6.07) is 13.5. The predicted octanol–water partition coefficient (Wildman–Crippen LogP) is 6.17. The van der Waals surface area contributed by atoms with Gasteiger partial charge in [0, 0.05) is 63.8 Å². The maximum absolute atomic E-state index is 13.1. The summed E-state index contributed by atoms with van der Waals surface area (Å²) >= 11 is 0. The number of pyridine rings is 1. The van der Waals surface area contributed by atoms with Crippen molar-refractivity contribution in [2.45, 2.75) is 46.3 Å². The summed E-state index contributed by atoms with van der Waals surface area (Å²) in [4.78, 5) is 47.8. The van der Waals surface area contributed by atoms with Crippen molar-refractivity contribution < 1.29 is 32.3 Å². The zero-order valence-corrected chi connectivity index (χ0v) is 29.2. The number of nitrogens with one attached hydrogen (secondary N) is 1. The van der Waals surface area contributed by atoms with Crippen LogP contribution in [0, 0.1) is 5.41 Å². The van der Waals surface area contributed by atoms with E-state index in [-0.39, 0.29) is 48.1 Å². The Morgan fingerprint density at radius 1 is 1.00 bits per heavy atom. The Bertz CT molecular complexity index is 1570. The normalized spacial score (nSPS) is 14.0. The van der Waals surface area contributed by atoms with Crippen LogP contribution in [0.4, 0.5) is 24.5 Å². The molecule has 2 aromatic carbocycles. The summed E-state index contributed by atoms with van der Waals surface area (Å²) in [5.41, 5.74) is 1.47. The molecule has 3 amide bonds. The van der Waals surface area contributed by atoms with Gasteiger partial charge >= 0.3 is 6.18 Å². The van der Waals surface area contributed by atoms with Crippen molar-refractivity contribution in [3.8, 4) is 5.75 Å². The minimum Gasteiger partial charge on any atom is -0.494 e. The summed E-state index contributed by atoms with van der Waals surface area (Å²) < 4.78 is 44.4. The molecule has 0 atom stereocenters. The van der Waals surface area contributed by atoms with Gasteiger partial charge in [-0.2, -0.15) is 13.2 Å². The highest BCUT2D eigenvalue weighted by atomic mass is 35.5. The lowest BCUT2D eigenvalue weighted by Gasteiger charge is -2.27. The van der Waals surface area contributed by atoms with E-state index >= 15 is 0 Å². The van der Waals surface area contributed by atoms with E-state index < -0.39 is 17.2 Å². The molecule has 0 saturated heterocycles. The minimum atomic E-state index is -4.44. The lowest BCUT2D eigenvalue weighted by Crippen LogP contribution is -2.47. The topological polar surface area (TPSA) is 95.1 Å². The number of alkyl halides is 3. The number of carbonyl (C=O) groups excluding carboxylic acids is 3. The first-order valence-corrected chi connectivity index (χ1v) is 15.2. The van der Waals surface area contributed by atoms with Crippen LogP contribution in [-0.4, -0.2) is 67.9 Å². The van der Waals surface area contributed by atoms with E-state index in [4.69, 9.17) is 4.74 Å². The molecule has 0 spiro atoms. The molecule has 48 heavy (non-hydrogen) atoms. The Morgan fingerprint density at radius 2 is 1.69 bits per heavy atom. The van der Waals surface area contributed by atoms with E-state index in [9.17, 15) is 27.6 Å². The van der Waals surface area contributed by atoms with Crippen LogP contribution in [0.2, 0.25) is 0 Å². The Kier molecular flexibility index (Phi) is 14.3. The first-order valence-electron chi connectivity index (χ1n) is 15.2. The molecule has 4 rings (SSSR count). The molecule has 9 nitrogen and oxygen atoms in total. The van der Waals surface area contributed by atoms with E-state index in [1.807, 2.05) is 31.2 Å². The van der Waals surface area contributed by atoms with Gasteiger partial charge in [-0.3, -0.25) is 19.4 Å². The molecule has 14 heteroatoms. The van der Waals surface area contributed by atoms with Crippen LogP contribution in [0.3, 0.4) is 0 Å². The molecular weight excluding hydrogens is 670 g/mol. The SMILES string of the molecule is CCN1C(=O)C(C)(C)C(=O)N(C)c2cc(OCCCc3cc(CNCCN(C)C(=O)c4ccc(C(F)(F)F)cc4)ccn3)ccc21.Cl.Cl. The third kappa shape index (κ3) is 9.39. The molecule has 0 unspecified atom stereocenters. The van der Waals surface area contributed by atoms with E-state index in [0.717, 1.165) is 23.4 Å². The smallest absolute Gasteiger partial charge is 0.416 e. The molecule has 262 valence electrons. The summed E-state index contributed by atoms with van der Waals surface area (Å²) in [7, 11) is 3.28. The van der Waals surface area contributed by atoms with Gasteiger partial charge < -0.3 is 24.8 Å². The van der Waals surface area contributed by atoms with Gasteiger partial charge in [-0.1, -0.05) is 0 Å². The number of carbonyl (C=O) groups is 3. The predicted molar refractivity (Wildman–Crippen MR) is 184 cm³/mol. The van der Waals surface area contributed by atoms with E-state index in [0.29, 0.717) is 62.8 Å². The van der Waals surface area contributed by atoms with Crippen molar-refractivity contribution in [2.75, 3.05) is 50.1 Å². The third-order valence-electron chi connectivity index (χ3n) is 8.02. The van der Waals surface area contributed by atoms with Crippen LogP contribution in [0.25, 0.3) is 0 Å². The monoisotopic (exact) mass is 711 g/mol. The first kappa shape index (κ1) is 40.3. The third-order valence-corrected chi connectivity index (χ3v) is 8.02. The first-order chi connectivity index (χ1) is 21.7. The number of likely N-dealkylation sites (N-methyl/N-ethyl adjacent to an activating group) is 1. The summed E-state index contributed by atoms with van der Waals surface area (Å²) in [5, 5.41) is 3.29. The largest absolute Gasteiger partial charge is 0.494 e. The molecule has 0 saturated carbocycles. The fourth-order valence-corrected chi connectivity index (χ4v) is 5.29. The zero-order chi connectivity index (χ0) is 33.6. The van der Waals surface area contributed by atoms with E-state index in [1.54, 1.807) is 45.1 Å². The highest BCUT2D eigenvalue weighted by Gasteiger charge is 2.45. The molecule has 1 aromatic heterocycles. The molecule has 2 heterocycles. The number of nitrogens with zero attached hydrogens (tertiary/aromatic N) is 4. The second-order valence-electron chi connectivity index (χ2n) is 11.8. The molecule has 1 aliphatic rings. The molecule has 0 bridgehead atoms. The number of fused-ring (bicyclic) bond motifs is 1. The molecular formula is C34H42Cl2F3N5O4. The Balaban J connectivity index is 0.00000400. The number of rotatable bonds is 12. The fraction of sp³-hybridized carbons (Fsp3) is 0.412. The number of amides is 3. The van der Waals surface area contributed by atoms with Gasteiger partial charge in [0.2, 0.25) is 11.8 Å². The van der Waals surface area contributed by atoms with Crippen LogP contribution in [0.5, 0.6) is 5.75 Å².